The number of rotatable bonds is 2. The molecule has 3 heterocycles. The van der Waals surface area contributed by atoms with Gasteiger partial charge in [0.05, 0.1) is 6.26 Å². The number of aryl methyl sites for hydroxylation is 1. The minimum absolute atomic E-state index is 0.117. The van der Waals surface area contributed by atoms with Crippen LogP contribution in [-0.4, -0.2) is 46.5 Å². The third-order valence-electron chi connectivity index (χ3n) is 3.60. The zero-order chi connectivity index (χ0) is 14.8. The Morgan fingerprint density at radius 1 is 1.29 bits per heavy atom. The number of hydrogen-bond donors (Lipinski definition) is 0. The van der Waals surface area contributed by atoms with Gasteiger partial charge < -0.3 is 18.8 Å². The summed E-state index contributed by atoms with van der Waals surface area (Å²) in [5.41, 5.74) is -0.122. The van der Waals surface area contributed by atoms with Gasteiger partial charge in [0.1, 0.15) is 0 Å². The van der Waals surface area contributed by atoms with Crippen LogP contribution in [0.2, 0.25) is 0 Å². The molecule has 0 atom stereocenters. The normalized spacial score (nSPS) is 15.3. The zero-order valence-electron chi connectivity index (χ0n) is 11.7. The number of furan rings is 1. The third kappa shape index (κ3) is 2.54. The Morgan fingerprint density at radius 2 is 2.05 bits per heavy atom. The number of hydrogen-bond acceptors (Lipinski definition) is 5. The predicted octanol–water partition coefficient (Wildman–Crippen LogP) is 0.336. The average molecular weight is 288 g/mol. The molecule has 0 saturated carbocycles. The van der Waals surface area contributed by atoms with Crippen molar-refractivity contribution in [1.29, 1.82) is 0 Å². The van der Waals surface area contributed by atoms with Gasteiger partial charge in [0, 0.05) is 45.6 Å². The van der Waals surface area contributed by atoms with Crippen molar-refractivity contribution < 1.29 is 9.21 Å². The molecule has 7 heteroatoms. The van der Waals surface area contributed by atoms with Crippen LogP contribution in [0.15, 0.2) is 40.0 Å². The average Bonchev–Trinajstić information content (AvgIpc) is 3.04. The van der Waals surface area contributed by atoms with Gasteiger partial charge in [-0.1, -0.05) is 0 Å². The number of aromatic nitrogens is 2. The van der Waals surface area contributed by atoms with E-state index >= 15 is 0 Å². The van der Waals surface area contributed by atoms with Crippen molar-refractivity contribution in [3.8, 4) is 0 Å². The summed E-state index contributed by atoms with van der Waals surface area (Å²) in [6.45, 7) is 2.25. The monoisotopic (exact) mass is 288 g/mol. The lowest BCUT2D eigenvalue weighted by Gasteiger charge is -2.34. The number of anilines is 1. The maximum Gasteiger partial charge on any atom is 0.293 e. The van der Waals surface area contributed by atoms with Gasteiger partial charge in [-0.3, -0.25) is 9.59 Å². The molecule has 2 aromatic rings. The minimum Gasteiger partial charge on any atom is -0.459 e. The van der Waals surface area contributed by atoms with Crippen LogP contribution in [-0.2, 0) is 7.05 Å². The van der Waals surface area contributed by atoms with E-state index in [0.717, 1.165) is 0 Å². The van der Waals surface area contributed by atoms with Crippen molar-refractivity contribution in [1.82, 2.24) is 14.5 Å². The summed E-state index contributed by atoms with van der Waals surface area (Å²) in [6.07, 6.45) is 4.72. The van der Waals surface area contributed by atoms with E-state index in [1.165, 1.54) is 10.8 Å². The lowest BCUT2D eigenvalue weighted by atomic mass is 10.3. The fourth-order valence-corrected chi connectivity index (χ4v) is 2.38. The molecule has 1 fully saturated rings. The fraction of sp³-hybridized carbons (Fsp3) is 0.357. The molecule has 0 radical (unpaired) electrons. The van der Waals surface area contributed by atoms with Gasteiger partial charge in [-0.05, 0) is 12.1 Å². The third-order valence-corrected chi connectivity index (χ3v) is 3.60. The molecule has 1 saturated heterocycles. The molecule has 7 nitrogen and oxygen atoms in total. The minimum atomic E-state index is -0.122. The summed E-state index contributed by atoms with van der Waals surface area (Å²) in [4.78, 5) is 32.0. The van der Waals surface area contributed by atoms with Crippen molar-refractivity contribution in [2.45, 2.75) is 0 Å². The van der Waals surface area contributed by atoms with E-state index in [0.29, 0.717) is 37.8 Å². The van der Waals surface area contributed by atoms with Gasteiger partial charge in [-0.25, -0.2) is 4.98 Å². The molecule has 1 aliphatic rings. The van der Waals surface area contributed by atoms with Crippen LogP contribution in [0.1, 0.15) is 10.6 Å². The Bertz CT molecular complexity index is 684. The van der Waals surface area contributed by atoms with Crippen LogP contribution >= 0.6 is 0 Å². The van der Waals surface area contributed by atoms with E-state index in [-0.39, 0.29) is 11.5 Å². The number of carbonyl (C=O) groups excluding carboxylic acids is 1. The Labute approximate surface area is 121 Å². The summed E-state index contributed by atoms with van der Waals surface area (Å²) in [7, 11) is 1.70. The molecule has 21 heavy (non-hydrogen) atoms. The van der Waals surface area contributed by atoms with Gasteiger partial charge in [-0.2, -0.15) is 0 Å². The Hall–Kier alpha value is -2.57. The van der Waals surface area contributed by atoms with Gasteiger partial charge in [-0.15, -0.1) is 0 Å². The lowest BCUT2D eigenvalue weighted by molar-refractivity contribution is 0.0714. The van der Waals surface area contributed by atoms with Crippen LogP contribution in [0, 0.1) is 0 Å². The molecule has 0 aromatic carbocycles. The van der Waals surface area contributed by atoms with E-state index in [1.807, 2.05) is 4.90 Å². The maximum atomic E-state index is 12.2. The molecule has 0 unspecified atom stereocenters. The van der Waals surface area contributed by atoms with Gasteiger partial charge in [0.25, 0.3) is 11.5 Å². The summed E-state index contributed by atoms with van der Waals surface area (Å²) in [5, 5.41) is 0. The molecule has 2 aromatic heterocycles. The Morgan fingerprint density at radius 3 is 2.71 bits per heavy atom. The molecule has 0 bridgehead atoms. The van der Waals surface area contributed by atoms with Crippen LogP contribution < -0.4 is 10.5 Å². The first-order valence-electron chi connectivity index (χ1n) is 6.76. The van der Waals surface area contributed by atoms with Crippen molar-refractivity contribution >= 4 is 11.7 Å². The smallest absolute Gasteiger partial charge is 0.293 e. The molecule has 0 N–H and O–H groups in total. The Kier molecular flexibility index (Phi) is 3.47. The highest BCUT2D eigenvalue weighted by Crippen LogP contribution is 2.12. The second-order valence-electron chi connectivity index (χ2n) is 4.92. The fourth-order valence-electron chi connectivity index (χ4n) is 2.38. The van der Waals surface area contributed by atoms with E-state index < -0.39 is 0 Å². The van der Waals surface area contributed by atoms with Gasteiger partial charge in [0.2, 0.25) is 0 Å². The standard InChI is InChI=1S/C14H16N4O3/c1-16-5-4-15-12(14(16)20)17-6-8-18(9-7-17)13(19)11-3-2-10-21-11/h2-5,10H,6-9H2,1H3. The quantitative estimate of drug-likeness (QED) is 0.796. The van der Waals surface area contributed by atoms with Crippen LogP contribution in [0.25, 0.3) is 0 Å². The van der Waals surface area contributed by atoms with Crippen molar-refractivity contribution in [3.05, 3.63) is 46.9 Å². The topological polar surface area (TPSA) is 71.6 Å². The lowest BCUT2D eigenvalue weighted by Crippen LogP contribution is -2.50. The van der Waals surface area contributed by atoms with Crippen LogP contribution in [0.4, 0.5) is 5.82 Å². The molecular formula is C14H16N4O3. The molecule has 1 amide bonds. The van der Waals surface area contributed by atoms with Gasteiger partial charge >= 0.3 is 0 Å². The second-order valence-corrected chi connectivity index (χ2v) is 4.92. The largest absolute Gasteiger partial charge is 0.459 e. The maximum absolute atomic E-state index is 12.2. The van der Waals surface area contributed by atoms with E-state index in [2.05, 4.69) is 4.98 Å². The van der Waals surface area contributed by atoms with Gasteiger partial charge in [0.15, 0.2) is 11.6 Å². The van der Waals surface area contributed by atoms with Crippen LogP contribution in [0.5, 0.6) is 0 Å². The highest BCUT2D eigenvalue weighted by Gasteiger charge is 2.25. The van der Waals surface area contributed by atoms with Crippen molar-refractivity contribution in [3.63, 3.8) is 0 Å². The van der Waals surface area contributed by atoms with Crippen molar-refractivity contribution in [2.75, 3.05) is 31.1 Å². The first-order valence-corrected chi connectivity index (χ1v) is 6.76. The first kappa shape index (κ1) is 13.4. The van der Waals surface area contributed by atoms with E-state index in [1.54, 1.807) is 36.5 Å². The first-order chi connectivity index (χ1) is 10.2. The van der Waals surface area contributed by atoms with E-state index in [9.17, 15) is 9.59 Å². The molecule has 0 aliphatic carbocycles. The number of carbonyl (C=O) groups is 1. The summed E-state index contributed by atoms with van der Waals surface area (Å²) < 4.78 is 6.63. The number of nitrogens with zero attached hydrogens (tertiary/aromatic N) is 4. The number of piperazine rings is 1. The van der Waals surface area contributed by atoms with Crippen LogP contribution in [0.3, 0.4) is 0 Å². The highest BCUT2D eigenvalue weighted by molar-refractivity contribution is 5.91. The SMILES string of the molecule is Cn1ccnc(N2CCN(C(=O)c3ccco3)CC2)c1=O. The summed E-state index contributed by atoms with van der Waals surface area (Å²) >= 11 is 0. The number of amides is 1. The zero-order valence-corrected chi connectivity index (χ0v) is 11.7. The molecule has 1 aliphatic heterocycles. The van der Waals surface area contributed by atoms with Crippen molar-refractivity contribution in [2.24, 2.45) is 7.05 Å². The predicted molar refractivity (Wildman–Crippen MR) is 76.3 cm³/mol. The molecule has 0 spiro atoms. The van der Waals surface area contributed by atoms with E-state index in [4.69, 9.17) is 4.42 Å². The molecular weight excluding hydrogens is 272 g/mol. The molecule has 110 valence electrons. The summed E-state index contributed by atoms with van der Waals surface area (Å²) in [6, 6.07) is 3.35. The second kappa shape index (κ2) is 5.43. The molecule has 3 rings (SSSR count). The highest BCUT2D eigenvalue weighted by atomic mass is 16.3. The Balaban J connectivity index is 1.69. The summed E-state index contributed by atoms with van der Waals surface area (Å²) in [5.74, 6) is 0.663.